The van der Waals surface area contributed by atoms with E-state index in [1.165, 1.54) is 12.1 Å². The predicted octanol–water partition coefficient (Wildman–Crippen LogP) is 5.61. The molecule has 0 aromatic heterocycles. The third kappa shape index (κ3) is 1.75. The third-order valence-corrected chi connectivity index (χ3v) is 5.93. The zero-order valence-electron chi connectivity index (χ0n) is 14.1. The van der Waals surface area contributed by atoms with E-state index in [2.05, 4.69) is 27.7 Å². The lowest BCUT2D eigenvalue weighted by molar-refractivity contribution is 0.339. The summed E-state index contributed by atoms with van der Waals surface area (Å²) in [6.07, 6.45) is 1.52. The van der Waals surface area contributed by atoms with Gasteiger partial charge in [-0.2, -0.15) is 0 Å². The second-order valence-corrected chi connectivity index (χ2v) is 8.53. The van der Waals surface area contributed by atoms with Crippen molar-refractivity contribution in [3.63, 3.8) is 0 Å². The molecule has 0 bridgehead atoms. The van der Waals surface area contributed by atoms with Crippen molar-refractivity contribution >= 4 is 0 Å². The molecule has 0 N–H and O–H groups in total. The molecule has 0 saturated carbocycles. The van der Waals surface area contributed by atoms with Gasteiger partial charge in [0.2, 0.25) is 0 Å². The molecule has 2 aliphatic rings. The number of hydrogen-bond donors (Lipinski definition) is 0. The van der Waals surface area contributed by atoms with Gasteiger partial charge in [-0.3, -0.25) is 0 Å². The fourth-order valence-electron chi connectivity index (χ4n) is 5.39. The minimum atomic E-state index is -0.547. The summed E-state index contributed by atoms with van der Waals surface area (Å²) in [4.78, 5) is 0. The summed E-state index contributed by atoms with van der Waals surface area (Å²) in [7, 11) is 0. The van der Waals surface area contributed by atoms with Crippen molar-refractivity contribution in [1.82, 2.24) is 0 Å². The number of hydrogen-bond acceptors (Lipinski definition) is 0. The molecule has 4 rings (SSSR count). The van der Waals surface area contributed by atoms with Crippen LogP contribution in [0.25, 0.3) is 0 Å². The molecule has 2 aromatic carbocycles. The van der Waals surface area contributed by atoms with Gasteiger partial charge in [0.15, 0.2) is 0 Å². The van der Waals surface area contributed by atoms with Crippen LogP contribution in [0.3, 0.4) is 0 Å². The molecule has 1 spiro atoms. The van der Waals surface area contributed by atoms with Crippen LogP contribution in [0.15, 0.2) is 36.4 Å². The molecule has 0 heterocycles. The lowest BCUT2D eigenvalue weighted by atomic mass is 9.72. The molecule has 0 saturated heterocycles. The SMILES string of the molecule is CC1(C)CC2(CC(C)(C)c3cccc(F)c32)c2c(F)cccc21. The third-order valence-electron chi connectivity index (χ3n) is 5.93. The van der Waals surface area contributed by atoms with Crippen molar-refractivity contribution in [2.75, 3.05) is 0 Å². The summed E-state index contributed by atoms with van der Waals surface area (Å²) in [6.45, 7) is 8.58. The highest BCUT2D eigenvalue weighted by atomic mass is 19.1. The van der Waals surface area contributed by atoms with E-state index in [0.717, 1.165) is 35.1 Å². The van der Waals surface area contributed by atoms with Crippen LogP contribution < -0.4 is 0 Å². The van der Waals surface area contributed by atoms with E-state index in [1.807, 2.05) is 12.1 Å². The predicted molar refractivity (Wildman–Crippen MR) is 88.9 cm³/mol. The molecular weight excluding hydrogens is 290 g/mol. The van der Waals surface area contributed by atoms with Gasteiger partial charge in [-0.1, -0.05) is 52.0 Å². The molecular formula is C21H22F2. The van der Waals surface area contributed by atoms with Crippen molar-refractivity contribution in [1.29, 1.82) is 0 Å². The van der Waals surface area contributed by atoms with E-state index in [1.54, 1.807) is 12.1 Å². The standard InChI is InChI=1S/C21H22F2/c1-19(2)11-21(17-13(19)7-5-9-15(17)22)12-20(3,4)14-8-6-10-16(23)18(14)21/h5-10H,11-12H2,1-4H3. The van der Waals surface area contributed by atoms with Gasteiger partial charge < -0.3 is 0 Å². The Balaban J connectivity index is 2.11. The highest BCUT2D eigenvalue weighted by molar-refractivity contribution is 5.60. The van der Waals surface area contributed by atoms with E-state index < -0.39 is 5.41 Å². The molecule has 120 valence electrons. The zero-order chi connectivity index (χ0) is 16.6. The van der Waals surface area contributed by atoms with E-state index in [9.17, 15) is 8.78 Å². The summed E-state index contributed by atoms with van der Waals surface area (Å²) in [5, 5.41) is 0. The van der Waals surface area contributed by atoms with Crippen LogP contribution in [0.1, 0.15) is 62.8 Å². The lowest BCUT2D eigenvalue weighted by Gasteiger charge is -2.30. The molecule has 2 aliphatic carbocycles. The Kier molecular flexibility index (Phi) is 2.73. The van der Waals surface area contributed by atoms with E-state index in [-0.39, 0.29) is 22.5 Å². The second-order valence-electron chi connectivity index (χ2n) is 8.53. The van der Waals surface area contributed by atoms with Crippen LogP contribution in [-0.4, -0.2) is 0 Å². The largest absolute Gasteiger partial charge is 0.207 e. The van der Waals surface area contributed by atoms with Gasteiger partial charge in [-0.05, 0) is 46.9 Å². The van der Waals surface area contributed by atoms with Crippen molar-refractivity contribution < 1.29 is 8.78 Å². The number of rotatable bonds is 0. The summed E-state index contributed by atoms with van der Waals surface area (Å²) >= 11 is 0. The van der Waals surface area contributed by atoms with Crippen LogP contribution in [0, 0.1) is 11.6 Å². The van der Waals surface area contributed by atoms with Crippen molar-refractivity contribution in [2.24, 2.45) is 0 Å². The van der Waals surface area contributed by atoms with Gasteiger partial charge in [0.05, 0.1) is 0 Å². The van der Waals surface area contributed by atoms with Gasteiger partial charge in [-0.15, -0.1) is 0 Å². The first-order chi connectivity index (χ1) is 10.7. The molecule has 23 heavy (non-hydrogen) atoms. The topological polar surface area (TPSA) is 0 Å². The molecule has 0 amide bonds. The first-order valence-electron chi connectivity index (χ1n) is 8.28. The van der Waals surface area contributed by atoms with Gasteiger partial charge in [0, 0.05) is 16.5 Å². The van der Waals surface area contributed by atoms with Gasteiger partial charge >= 0.3 is 0 Å². The fourth-order valence-corrected chi connectivity index (χ4v) is 5.39. The summed E-state index contributed by atoms with van der Waals surface area (Å²) in [5.41, 5.74) is 2.65. The number of fused-ring (bicyclic) bond motifs is 4. The quantitative estimate of drug-likeness (QED) is 0.593. The van der Waals surface area contributed by atoms with Gasteiger partial charge in [0.1, 0.15) is 11.6 Å². The average Bonchev–Trinajstić information content (AvgIpc) is 2.80. The highest BCUT2D eigenvalue weighted by Gasteiger charge is 2.58. The van der Waals surface area contributed by atoms with Gasteiger partial charge in [0.25, 0.3) is 0 Å². The molecule has 0 unspecified atom stereocenters. The minimum absolute atomic E-state index is 0.155. The van der Waals surface area contributed by atoms with Gasteiger partial charge in [-0.25, -0.2) is 8.78 Å². The smallest absolute Gasteiger partial charge is 0.127 e. The Morgan fingerprint density at radius 2 is 1.09 bits per heavy atom. The Bertz CT molecular complexity index is 745. The Hall–Kier alpha value is -1.70. The number of benzene rings is 2. The maximum absolute atomic E-state index is 14.9. The summed E-state index contributed by atoms with van der Waals surface area (Å²) in [6, 6.07) is 10.6. The fraction of sp³-hybridized carbons (Fsp3) is 0.429. The first kappa shape index (κ1) is 14.9. The van der Waals surface area contributed by atoms with E-state index in [0.29, 0.717) is 0 Å². The van der Waals surface area contributed by atoms with Crippen molar-refractivity contribution in [3.05, 3.63) is 70.3 Å². The van der Waals surface area contributed by atoms with E-state index >= 15 is 0 Å². The Labute approximate surface area is 136 Å². The van der Waals surface area contributed by atoms with Crippen LogP contribution in [0.5, 0.6) is 0 Å². The summed E-state index contributed by atoms with van der Waals surface area (Å²) < 4.78 is 29.8. The molecule has 0 radical (unpaired) electrons. The molecule has 0 aliphatic heterocycles. The maximum Gasteiger partial charge on any atom is 0.127 e. The van der Waals surface area contributed by atoms with Crippen LogP contribution >= 0.6 is 0 Å². The molecule has 0 nitrogen and oxygen atoms in total. The monoisotopic (exact) mass is 312 g/mol. The van der Waals surface area contributed by atoms with E-state index in [4.69, 9.17) is 0 Å². The second kappa shape index (κ2) is 4.23. The molecule has 0 atom stereocenters. The zero-order valence-corrected chi connectivity index (χ0v) is 14.1. The van der Waals surface area contributed by atoms with Crippen LogP contribution in [0.4, 0.5) is 8.78 Å². The molecule has 2 aromatic rings. The maximum atomic E-state index is 14.9. The average molecular weight is 312 g/mol. The van der Waals surface area contributed by atoms with Crippen LogP contribution in [-0.2, 0) is 16.2 Å². The normalized spacial score (nSPS) is 22.2. The number of halogens is 2. The van der Waals surface area contributed by atoms with Crippen LogP contribution in [0.2, 0.25) is 0 Å². The van der Waals surface area contributed by atoms with Crippen molar-refractivity contribution in [3.8, 4) is 0 Å². The minimum Gasteiger partial charge on any atom is -0.207 e. The van der Waals surface area contributed by atoms with Crippen molar-refractivity contribution in [2.45, 2.75) is 56.8 Å². The lowest BCUT2D eigenvalue weighted by Crippen LogP contribution is -2.28. The first-order valence-corrected chi connectivity index (χ1v) is 8.28. The summed E-state index contributed by atoms with van der Waals surface area (Å²) in [5.74, 6) is -0.389. The molecule has 2 heteroatoms. The Morgan fingerprint density at radius 3 is 1.48 bits per heavy atom. The Morgan fingerprint density at radius 1 is 0.696 bits per heavy atom. The highest BCUT2D eigenvalue weighted by Crippen LogP contribution is 2.63. The molecule has 0 fully saturated rings.